The van der Waals surface area contributed by atoms with Crippen molar-refractivity contribution in [2.45, 2.75) is 26.2 Å². The highest BCUT2D eigenvalue weighted by Crippen LogP contribution is 2.42. The average Bonchev–Trinajstić information content (AvgIpc) is 2.95. The number of carbonyl (C=O) groups is 2. The molecule has 1 aliphatic heterocycles. The number of fused-ring (bicyclic) bond motifs is 1. The maximum absolute atomic E-state index is 12.7. The minimum absolute atomic E-state index is 0.0461. The van der Waals surface area contributed by atoms with Gasteiger partial charge in [-0.1, -0.05) is 11.6 Å². The number of anilines is 2. The van der Waals surface area contributed by atoms with Crippen molar-refractivity contribution in [2.75, 3.05) is 16.8 Å². The Bertz CT molecular complexity index is 800. The van der Waals surface area contributed by atoms with Crippen LogP contribution in [0.3, 0.4) is 0 Å². The van der Waals surface area contributed by atoms with Crippen molar-refractivity contribution in [3.63, 3.8) is 0 Å². The number of nitrogens with zero attached hydrogens (tertiary/aromatic N) is 2. The van der Waals surface area contributed by atoms with E-state index in [2.05, 4.69) is 10.3 Å². The van der Waals surface area contributed by atoms with Gasteiger partial charge in [0.25, 0.3) is 0 Å². The van der Waals surface area contributed by atoms with Gasteiger partial charge in [-0.2, -0.15) is 0 Å². The standard InChI is InChI=1S/C16H16ClN3O2S/c1-9-7-18-15(23-9)19-13(21)8-20-12-5-4-10(17)6-11(12)16(2,3)14(20)22/h4-7H,8H2,1-3H3,(H,18,19,21). The Morgan fingerprint density at radius 2 is 2.17 bits per heavy atom. The van der Waals surface area contributed by atoms with Crippen LogP contribution < -0.4 is 10.2 Å². The minimum atomic E-state index is -0.696. The summed E-state index contributed by atoms with van der Waals surface area (Å²) in [5.74, 6) is -0.383. The summed E-state index contributed by atoms with van der Waals surface area (Å²) in [5.41, 5.74) is 0.876. The van der Waals surface area contributed by atoms with E-state index in [4.69, 9.17) is 11.6 Å². The molecule has 1 N–H and O–H groups in total. The molecule has 5 nitrogen and oxygen atoms in total. The SMILES string of the molecule is Cc1cnc(NC(=O)CN2C(=O)C(C)(C)c3cc(Cl)ccc32)s1. The number of amides is 2. The quantitative estimate of drug-likeness (QED) is 0.924. The average molecular weight is 350 g/mol. The minimum Gasteiger partial charge on any atom is -0.302 e. The zero-order valence-electron chi connectivity index (χ0n) is 13.0. The number of rotatable bonds is 3. The molecule has 2 heterocycles. The fourth-order valence-corrected chi connectivity index (χ4v) is 3.53. The number of halogens is 1. The van der Waals surface area contributed by atoms with Crippen LogP contribution in [0.1, 0.15) is 24.3 Å². The molecule has 0 unspecified atom stereocenters. The number of carbonyl (C=O) groups excluding carboxylic acids is 2. The first-order valence-corrected chi connectivity index (χ1v) is 8.33. The highest BCUT2D eigenvalue weighted by Gasteiger charge is 2.44. The van der Waals surface area contributed by atoms with Gasteiger partial charge >= 0.3 is 0 Å². The van der Waals surface area contributed by atoms with Gasteiger partial charge in [0.05, 0.1) is 5.41 Å². The van der Waals surface area contributed by atoms with E-state index in [1.165, 1.54) is 16.2 Å². The van der Waals surface area contributed by atoms with Gasteiger partial charge in [-0.05, 0) is 44.5 Å². The van der Waals surface area contributed by atoms with Crippen LogP contribution in [0.5, 0.6) is 0 Å². The first-order chi connectivity index (χ1) is 10.8. The van der Waals surface area contributed by atoms with Crippen LogP contribution in [0.15, 0.2) is 24.4 Å². The van der Waals surface area contributed by atoms with E-state index < -0.39 is 5.41 Å². The van der Waals surface area contributed by atoms with Crippen LogP contribution in [0.2, 0.25) is 5.02 Å². The summed E-state index contributed by atoms with van der Waals surface area (Å²) in [7, 11) is 0. The lowest BCUT2D eigenvalue weighted by atomic mass is 9.86. The molecule has 0 aliphatic carbocycles. The molecule has 3 rings (SSSR count). The van der Waals surface area contributed by atoms with E-state index in [0.29, 0.717) is 10.2 Å². The van der Waals surface area contributed by atoms with Crippen molar-refractivity contribution < 1.29 is 9.59 Å². The van der Waals surface area contributed by atoms with E-state index >= 15 is 0 Å². The van der Waals surface area contributed by atoms with E-state index in [0.717, 1.165) is 16.1 Å². The molecule has 1 aromatic heterocycles. The lowest BCUT2D eigenvalue weighted by Crippen LogP contribution is -2.40. The molecule has 0 atom stereocenters. The number of aryl methyl sites for hydroxylation is 1. The van der Waals surface area contributed by atoms with Crippen LogP contribution in [0, 0.1) is 6.92 Å². The van der Waals surface area contributed by atoms with Crippen LogP contribution >= 0.6 is 22.9 Å². The molecular formula is C16H16ClN3O2S. The van der Waals surface area contributed by atoms with Crippen LogP contribution in [0.4, 0.5) is 10.8 Å². The molecule has 7 heteroatoms. The summed E-state index contributed by atoms with van der Waals surface area (Å²) in [5, 5.41) is 3.84. The molecule has 0 fully saturated rings. The number of hydrogen-bond donors (Lipinski definition) is 1. The van der Waals surface area contributed by atoms with Crippen LogP contribution in [-0.2, 0) is 15.0 Å². The van der Waals surface area contributed by atoms with Crippen LogP contribution in [0.25, 0.3) is 0 Å². The van der Waals surface area contributed by atoms with Gasteiger partial charge in [-0.3, -0.25) is 9.59 Å². The van der Waals surface area contributed by atoms with Gasteiger partial charge in [-0.15, -0.1) is 11.3 Å². The van der Waals surface area contributed by atoms with E-state index in [1.54, 1.807) is 24.4 Å². The number of hydrogen-bond acceptors (Lipinski definition) is 4. The number of thiazole rings is 1. The summed E-state index contributed by atoms with van der Waals surface area (Å²) in [6.07, 6.45) is 1.70. The third-order valence-corrected chi connectivity index (χ3v) is 4.94. The number of benzene rings is 1. The largest absolute Gasteiger partial charge is 0.302 e. The van der Waals surface area contributed by atoms with Crippen molar-refractivity contribution in [3.05, 3.63) is 39.9 Å². The second-order valence-corrected chi connectivity index (χ2v) is 7.67. The smallest absolute Gasteiger partial charge is 0.246 e. The van der Waals surface area contributed by atoms with E-state index in [-0.39, 0.29) is 18.4 Å². The summed E-state index contributed by atoms with van der Waals surface area (Å²) in [6.45, 7) is 5.55. The van der Waals surface area contributed by atoms with Gasteiger partial charge in [0.1, 0.15) is 6.54 Å². The van der Waals surface area contributed by atoms with Crippen molar-refractivity contribution >= 4 is 45.6 Å². The van der Waals surface area contributed by atoms with Gasteiger partial charge < -0.3 is 10.2 Å². The Morgan fingerprint density at radius 1 is 1.43 bits per heavy atom. The fraction of sp³-hybridized carbons (Fsp3) is 0.312. The Kier molecular flexibility index (Phi) is 3.90. The fourth-order valence-electron chi connectivity index (χ4n) is 2.68. The van der Waals surface area contributed by atoms with Crippen molar-refractivity contribution in [2.24, 2.45) is 0 Å². The Hall–Kier alpha value is -1.92. The lowest BCUT2D eigenvalue weighted by Gasteiger charge is -2.19. The van der Waals surface area contributed by atoms with Gasteiger partial charge in [-0.25, -0.2) is 4.98 Å². The first kappa shape index (κ1) is 16.0. The molecule has 0 spiro atoms. The molecule has 2 amide bonds. The normalized spacial score (nSPS) is 15.7. The Balaban J connectivity index is 1.83. The van der Waals surface area contributed by atoms with Crippen molar-refractivity contribution in [1.29, 1.82) is 0 Å². The molecule has 1 aliphatic rings. The van der Waals surface area contributed by atoms with E-state index in [9.17, 15) is 9.59 Å². The Morgan fingerprint density at radius 3 is 2.83 bits per heavy atom. The summed E-state index contributed by atoms with van der Waals surface area (Å²) >= 11 is 7.44. The predicted molar refractivity (Wildman–Crippen MR) is 92.3 cm³/mol. The molecule has 0 saturated heterocycles. The van der Waals surface area contributed by atoms with Gasteiger partial charge in [0.15, 0.2) is 5.13 Å². The lowest BCUT2D eigenvalue weighted by molar-refractivity contribution is -0.124. The molecule has 23 heavy (non-hydrogen) atoms. The summed E-state index contributed by atoms with van der Waals surface area (Å²) < 4.78 is 0. The highest BCUT2D eigenvalue weighted by atomic mass is 35.5. The highest BCUT2D eigenvalue weighted by molar-refractivity contribution is 7.15. The zero-order chi connectivity index (χ0) is 16.8. The summed E-state index contributed by atoms with van der Waals surface area (Å²) in [6, 6.07) is 5.30. The summed E-state index contributed by atoms with van der Waals surface area (Å²) in [4.78, 5) is 31.5. The zero-order valence-corrected chi connectivity index (χ0v) is 14.6. The molecule has 0 radical (unpaired) electrons. The van der Waals surface area contributed by atoms with Gasteiger partial charge in [0, 0.05) is 21.8 Å². The number of nitrogens with one attached hydrogen (secondary N) is 1. The Labute approximate surface area is 143 Å². The first-order valence-electron chi connectivity index (χ1n) is 7.13. The molecule has 0 saturated carbocycles. The molecule has 120 valence electrons. The molecule has 1 aromatic carbocycles. The van der Waals surface area contributed by atoms with Crippen molar-refractivity contribution in [1.82, 2.24) is 4.98 Å². The third kappa shape index (κ3) is 2.84. The molecule has 2 aromatic rings. The maximum atomic E-state index is 12.7. The number of aromatic nitrogens is 1. The molecule has 0 bridgehead atoms. The van der Waals surface area contributed by atoms with E-state index in [1.807, 2.05) is 20.8 Å². The monoisotopic (exact) mass is 349 g/mol. The second-order valence-electron chi connectivity index (χ2n) is 6.00. The third-order valence-electron chi connectivity index (χ3n) is 3.87. The van der Waals surface area contributed by atoms with Crippen molar-refractivity contribution in [3.8, 4) is 0 Å². The van der Waals surface area contributed by atoms with Crippen LogP contribution in [-0.4, -0.2) is 23.3 Å². The second kappa shape index (κ2) is 5.62. The topological polar surface area (TPSA) is 62.3 Å². The van der Waals surface area contributed by atoms with Gasteiger partial charge in [0.2, 0.25) is 11.8 Å². The maximum Gasteiger partial charge on any atom is 0.246 e. The molecular weight excluding hydrogens is 334 g/mol. The predicted octanol–water partition coefficient (Wildman–Crippen LogP) is 3.37.